The number of nitrogen functional groups attached to an aromatic ring is 1. The molecule has 0 aliphatic carbocycles. The molecule has 0 saturated carbocycles. The van der Waals surface area contributed by atoms with Crippen LogP contribution in [0.2, 0.25) is 0 Å². The van der Waals surface area contributed by atoms with Crippen molar-refractivity contribution in [3.05, 3.63) is 10.7 Å². The molecule has 78 valence electrons. The van der Waals surface area contributed by atoms with Gasteiger partial charge in [0, 0.05) is 12.7 Å². The fraction of sp³-hybridized carbons (Fsp3) is 0.667. The third kappa shape index (κ3) is 2.27. The van der Waals surface area contributed by atoms with Crippen molar-refractivity contribution in [2.75, 3.05) is 25.4 Å². The quantitative estimate of drug-likeness (QED) is 0.890. The zero-order valence-electron chi connectivity index (χ0n) is 8.12. The second kappa shape index (κ2) is 4.31. The van der Waals surface area contributed by atoms with Gasteiger partial charge in [0.15, 0.2) is 5.82 Å². The molecule has 2 heterocycles. The summed E-state index contributed by atoms with van der Waals surface area (Å²) >= 11 is 3.35. The third-order valence-corrected chi connectivity index (χ3v) is 3.20. The molecule has 0 spiro atoms. The third-order valence-electron chi connectivity index (χ3n) is 2.59. The Morgan fingerprint density at radius 2 is 2.07 bits per heavy atom. The summed E-state index contributed by atoms with van der Waals surface area (Å²) in [7, 11) is 0. The fourth-order valence-electron chi connectivity index (χ4n) is 1.78. The van der Waals surface area contributed by atoms with Crippen molar-refractivity contribution in [2.45, 2.75) is 19.4 Å². The zero-order valence-corrected chi connectivity index (χ0v) is 9.70. The van der Waals surface area contributed by atoms with Gasteiger partial charge >= 0.3 is 0 Å². The molecule has 1 saturated heterocycles. The van der Waals surface area contributed by atoms with E-state index >= 15 is 0 Å². The molecule has 4 nitrogen and oxygen atoms in total. The lowest BCUT2D eigenvalue weighted by molar-refractivity contribution is 0.316. The Kier molecular flexibility index (Phi) is 3.08. The zero-order chi connectivity index (χ0) is 9.97. The number of nitrogens with two attached hydrogens (primary N) is 1. The highest BCUT2D eigenvalue weighted by Gasteiger charge is 2.11. The maximum absolute atomic E-state index is 5.63. The van der Waals surface area contributed by atoms with Crippen molar-refractivity contribution in [3.8, 4) is 0 Å². The van der Waals surface area contributed by atoms with Crippen molar-refractivity contribution in [1.29, 1.82) is 0 Å². The van der Waals surface area contributed by atoms with Gasteiger partial charge in [-0.25, -0.2) is 0 Å². The van der Waals surface area contributed by atoms with Gasteiger partial charge in [0.1, 0.15) is 0 Å². The molecular formula is C9H15BrN4. The van der Waals surface area contributed by atoms with Crippen LogP contribution in [0.25, 0.3) is 0 Å². The van der Waals surface area contributed by atoms with E-state index in [9.17, 15) is 0 Å². The highest BCUT2D eigenvalue weighted by Crippen LogP contribution is 2.16. The summed E-state index contributed by atoms with van der Waals surface area (Å²) in [4.78, 5) is 2.46. The summed E-state index contributed by atoms with van der Waals surface area (Å²) in [5, 5.41) is 4.19. The minimum Gasteiger partial charge on any atom is -0.381 e. The van der Waals surface area contributed by atoms with Gasteiger partial charge in [-0.2, -0.15) is 5.10 Å². The topological polar surface area (TPSA) is 47.1 Å². The minimum absolute atomic E-state index is 0.575. The fourth-order valence-corrected chi connectivity index (χ4v) is 2.09. The van der Waals surface area contributed by atoms with Crippen molar-refractivity contribution in [2.24, 2.45) is 0 Å². The summed E-state index contributed by atoms with van der Waals surface area (Å²) < 4.78 is 2.79. The molecule has 2 N–H and O–H groups in total. The van der Waals surface area contributed by atoms with Crippen LogP contribution in [-0.4, -0.2) is 34.3 Å². The average molecular weight is 259 g/mol. The van der Waals surface area contributed by atoms with Crippen LogP contribution in [-0.2, 0) is 6.54 Å². The second-order valence-corrected chi connectivity index (χ2v) is 4.53. The molecule has 1 fully saturated rings. The van der Waals surface area contributed by atoms with Crippen LogP contribution in [0.4, 0.5) is 5.82 Å². The Hall–Kier alpha value is -0.550. The van der Waals surface area contributed by atoms with Gasteiger partial charge in [-0.15, -0.1) is 0 Å². The molecule has 0 radical (unpaired) electrons. The number of likely N-dealkylation sites (tertiary alicyclic amines) is 1. The Labute approximate surface area is 92.2 Å². The molecular weight excluding hydrogens is 244 g/mol. The molecule has 1 aliphatic rings. The van der Waals surface area contributed by atoms with Crippen molar-refractivity contribution >= 4 is 21.7 Å². The SMILES string of the molecule is Nc1nn(CCN2CCCC2)cc1Br. The highest BCUT2D eigenvalue weighted by atomic mass is 79.9. The predicted molar refractivity (Wildman–Crippen MR) is 60.0 cm³/mol. The van der Waals surface area contributed by atoms with Gasteiger partial charge < -0.3 is 10.6 Å². The van der Waals surface area contributed by atoms with Gasteiger partial charge in [-0.05, 0) is 41.9 Å². The van der Waals surface area contributed by atoms with Crippen LogP contribution in [0, 0.1) is 0 Å². The largest absolute Gasteiger partial charge is 0.381 e. The predicted octanol–water partition coefficient (Wildman–Crippen LogP) is 1.32. The lowest BCUT2D eigenvalue weighted by atomic mass is 10.4. The molecule has 1 aliphatic heterocycles. The first-order valence-electron chi connectivity index (χ1n) is 4.96. The summed E-state index contributed by atoms with van der Waals surface area (Å²) in [5.74, 6) is 0.575. The van der Waals surface area contributed by atoms with Gasteiger partial charge in [-0.3, -0.25) is 4.68 Å². The smallest absolute Gasteiger partial charge is 0.159 e. The number of aromatic nitrogens is 2. The Morgan fingerprint density at radius 3 is 2.64 bits per heavy atom. The van der Waals surface area contributed by atoms with Gasteiger partial charge in [-0.1, -0.05) is 0 Å². The van der Waals surface area contributed by atoms with Crippen LogP contribution in [0.1, 0.15) is 12.8 Å². The van der Waals surface area contributed by atoms with E-state index in [0.717, 1.165) is 17.6 Å². The molecule has 0 aromatic carbocycles. The van der Waals surface area contributed by atoms with E-state index < -0.39 is 0 Å². The first-order chi connectivity index (χ1) is 6.75. The Morgan fingerprint density at radius 1 is 1.36 bits per heavy atom. The molecule has 0 amide bonds. The van der Waals surface area contributed by atoms with E-state index in [1.165, 1.54) is 25.9 Å². The lowest BCUT2D eigenvalue weighted by Gasteiger charge is -2.13. The van der Waals surface area contributed by atoms with E-state index in [1.54, 1.807) is 0 Å². The molecule has 0 unspecified atom stereocenters. The highest BCUT2D eigenvalue weighted by molar-refractivity contribution is 9.10. The van der Waals surface area contributed by atoms with Crippen molar-refractivity contribution in [1.82, 2.24) is 14.7 Å². The molecule has 5 heteroatoms. The number of rotatable bonds is 3. The first-order valence-corrected chi connectivity index (χ1v) is 5.76. The minimum atomic E-state index is 0.575. The van der Waals surface area contributed by atoms with Gasteiger partial charge in [0.05, 0.1) is 11.0 Å². The van der Waals surface area contributed by atoms with Crippen LogP contribution in [0.3, 0.4) is 0 Å². The monoisotopic (exact) mass is 258 g/mol. The summed E-state index contributed by atoms with van der Waals surface area (Å²) in [6.07, 6.45) is 4.61. The lowest BCUT2D eigenvalue weighted by Crippen LogP contribution is -2.24. The van der Waals surface area contributed by atoms with E-state index in [0.29, 0.717) is 5.82 Å². The number of anilines is 1. The maximum atomic E-state index is 5.63. The Bertz CT molecular complexity index is 284. The number of hydrogen-bond donors (Lipinski definition) is 1. The second-order valence-electron chi connectivity index (χ2n) is 3.67. The normalized spacial score (nSPS) is 17.8. The maximum Gasteiger partial charge on any atom is 0.159 e. The number of nitrogens with zero attached hydrogens (tertiary/aromatic N) is 3. The van der Waals surface area contributed by atoms with Crippen LogP contribution >= 0.6 is 15.9 Å². The van der Waals surface area contributed by atoms with Gasteiger partial charge in [0.2, 0.25) is 0 Å². The molecule has 2 rings (SSSR count). The van der Waals surface area contributed by atoms with E-state index in [2.05, 4.69) is 25.9 Å². The van der Waals surface area contributed by atoms with Crippen LogP contribution < -0.4 is 5.73 Å². The van der Waals surface area contributed by atoms with Crippen LogP contribution in [0.15, 0.2) is 10.7 Å². The average Bonchev–Trinajstić information content (AvgIpc) is 2.74. The van der Waals surface area contributed by atoms with E-state index in [4.69, 9.17) is 5.73 Å². The molecule has 0 atom stereocenters. The standard InChI is InChI=1S/C9H15BrN4/c10-8-7-14(12-9(8)11)6-5-13-3-1-2-4-13/h7H,1-6H2,(H2,11,12). The number of halogens is 1. The summed E-state index contributed by atoms with van der Waals surface area (Å²) in [6.45, 7) is 4.47. The molecule has 0 bridgehead atoms. The summed E-state index contributed by atoms with van der Waals surface area (Å²) in [5.41, 5.74) is 5.63. The first kappa shape index (κ1) is 9.98. The molecule has 1 aromatic heterocycles. The molecule has 1 aromatic rings. The van der Waals surface area contributed by atoms with Crippen molar-refractivity contribution < 1.29 is 0 Å². The number of hydrogen-bond acceptors (Lipinski definition) is 3. The van der Waals surface area contributed by atoms with E-state index in [-0.39, 0.29) is 0 Å². The summed E-state index contributed by atoms with van der Waals surface area (Å²) in [6, 6.07) is 0. The van der Waals surface area contributed by atoms with Crippen molar-refractivity contribution in [3.63, 3.8) is 0 Å². The molecule has 14 heavy (non-hydrogen) atoms. The Balaban J connectivity index is 1.85. The van der Waals surface area contributed by atoms with Gasteiger partial charge in [0.25, 0.3) is 0 Å². The van der Waals surface area contributed by atoms with E-state index in [1.807, 2.05) is 10.9 Å². The van der Waals surface area contributed by atoms with Crippen LogP contribution in [0.5, 0.6) is 0 Å².